The molecule has 0 saturated carbocycles. The Bertz CT molecular complexity index is 2700. The lowest BCUT2D eigenvalue weighted by Crippen LogP contribution is -2.33. The summed E-state index contributed by atoms with van der Waals surface area (Å²) < 4.78 is 92.2. The lowest BCUT2D eigenvalue weighted by molar-refractivity contribution is -0.122. The average Bonchev–Trinajstić information content (AvgIpc) is 3.22. The Kier molecular flexibility index (Phi) is 17.0. The summed E-state index contributed by atoms with van der Waals surface area (Å²) >= 11 is 0. The zero-order valence-electron chi connectivity index (χ0n) is 44.8. The molecule has 0 saturated heterocycles. The Morgan fingerprint density at radius 2 is 0.667 bits per heavy atom. The minimum Gasteiger partial charge on any atom is -0.491 e. The second-order valence-corrected chi connectivity index (χ2v) is 26.8. The molecule has 1 aliphatic carbocycles. The smallest absolute Gasteiger partial charge is 0.271 e. The van der Waals surface area contributed by atoms with Crippen LogP contribution in [0.3, 0.4) is 0 Å². The number of rotatable bonds is 8. The van der Waals surface area contributed by atoms with Gasteiger partial charge in [0.1, 0.15) is 36.2 Å². The van der Waals surface area contributed by atoms with Gasteiger partial charge in [0.05, 0.1) is 38.9 Å². The van der Waals surface area contributed by atoms with Crippen molar-refractivity contribution in [3.8, 4) is 23.0 Å². The van der Waals surface area contributed by atoms with Crippen LogP contribution < -0.4 is 28.4 Å². The van der Waals surface area contributed by atoms with Crippen LogP contribution in [-0.2, 0) is 86.5 Å². The van der Waals surface area contributed by atoms with E-state index in [9.17, 15) is 26.4 Å². The number of hydrogen-bond donors (Lipinski definition) is 2. The quantitative estimate of drug-likeness (QED) is 0.152. The van der Waals surface area contributed by atoms with Gasteiger partial charge in [-0.1, -0.05) is 132 Å². The third kappa shape index (κ3) is 15.2. The average molecular weight is 1030 g/mol. The molecule has 10 bridgehead atoms. The zero-order valence-corrected chi connectivity index (χ0v) is 46.5. The fraction of sp³-hybridized carbons (Fsp3) is 0.536. The molecule has 16 heteroatoms. The Morgan fingerprint density at radius 1 is 0.431 bits per heavy atom. The molecule has 0 radical (unpaired) electrons. The van der Waals surface area contributed by atoms with E-state index < -0.39 is 55.9 Å². The maximum absolute atomic E-state index is 13.3. The van der Waals surface area contributed by atoms with Gasteiger partial charge in [-0.05, 0) is 88.4 Å². The lowest BCUT2D eigenvalue weighted by Gasteiger charge is -2.29. The topological polar surface area (TPSA) is 182 Å². The van der Waals surface area contributed by atoms with Crippen LogP contribution >= 0.6 is 0 Å². The van der Waals surface area contributed by atoms with Crippen molar-refractivity contribution in [2.75, 3.05) is 65.4 Å². The number of carbonyl (C=O) groups is 2. The third-order valence-corrected chi connectivity index (χ3v) is 13.8. The van der Waals surface area contributed by atoms with Gasteiger partial charge in [-0.3, -0.25) is 19.0 Å². The van der Waals surface area contributed by atoms with Crippen LogP contribution in [0.4, 0.5) is 0 Å². The van der Waals surface area contributed by atoms with Crippen molar-refractivity contribution in [3.63, 3.8) is 0 Å². The van der Waals surface area contributed by atoms with Crippen LogP contribution in [0.15, 0.2) is 48.5 Å². The van der Waals surface area contributed by atoms with Crippen molar-refractivity contribution < 1.29 is 54.8 Å². The van der Waals surface area contributed by atoms with E-state index in [1.54, 1.807) is 0 Å². The Balaban J connectivity index is 1.80. The first-order chi connectivity index (χ1) is 33.2. The number of benzene rings is 4. The molecule has 394 valence electrons. The Hall–Kier alpha value is -5.16. The second kappa shape index (κ2) is 21.7. The highest BCUT2D eigenvalue weighted by atomic mass is 32.2. The number of hydrogen-bond acceptors (Lipinski definition) is 12. The van der Waals surface area contributed by atoms with Crippen LogP contribution in [0.25, 0.3) is 0 Å². The number of sulfonamides is 2. The predicted molar refractivity (Wildman–Crippen MR) is 281 cm³/mol. The minimum absolute atomic E-state index is 0.155. The lowest BCUT2D eigenvalue weighted by atomic mass is 9.79. The van der Waals surface area contributed by atoms with E-state index in [-0.39, 0.29) is 43.3 Å². The number of amides is 2. The fourth-order valence-electron chi connectivity index (χ4n) is 8.84. The largest absolute Gasteiger partial charge is 0.491 e. The van der Waals surface area contributed by atoms with Gasteiger partial charge in [-0.25, -0.2) is 16.8 Å². The molecule has 0 unspecified atom stereocenters. The maximum Gasteiger partial charge on any atom is 0.271 e. The molecule has 0 fully saturated rings. The van der Waals surface area contributed by atoms with Crippen LogP contribution in [0.2, 0.25) is 0 Å². The summed E-state index contributed by atoms with van der Waals surface area (Å²) in [7, 11) is -7.83. The van der Waals surface area contributed by atoms with E-state index in [4.69, 9.17) is 28.4 Å². The van der Waals surface area contributed by atoms with E-state index >= 15 is 0 Å². The molecular weight excluding hydrogens is 957 g/mol. The molecule has 6 rings (SSSR count). The molecule has 1 aliphatic heterocycles. The third-order valence-electron chi connectivity index (χ3n) is 12.6. The minimum atomic E-state index is -3.92. The standard InChI is InChI=1S/C56H76N2O12S2/c1-53(2,3)43-25-35-21-36-26-44(54(4,5)6)28-38-23-40-30-46(56(10,11)12)32-42(52(40)70-34-48(60)58-72(14,63)64)24-41-31-45(55(7,8)9)29-39(51(41)69-33-47(59)57-71(13,61)62)22-37(27-43)49(35)67-19-17-65-15-16-66-18-20-68-50(36)38/h25-32H,15-24,33-34H2,1-14H3,(H,57,59)(H,58,60). The molecule has 2 N–H and O–H groups in total. The summed E-state index contributed by atoms with van der Waals surface area (Å²) in [5, 5.41) is 0. The number of nitrogens with one attached hydrogen (secondary N) is 2. The van der Waals surface area contributed by atoms with Gasteiger partial charge in [0.15, 0.2) is 13.2 Å². The van der Waals surface area contributed by atoms with Gasteiger partial charge in [0.25, 0.3) is 11.8 Å². The fourth-order valence-corrected chi connectivity index (χ4v) is 9.78. The van der Waals surface area contributed by atoms with Gasteiger partial charge < -0.3 is 28.4 Å². The zero-order chi connectivity index (χ0) is 53.2. The van der Waals surface area contributed by atoms with Crippen molar-refractivity contribution in [1.29, 1.82) is 0 Å². The summed E-state index contributed by atoms with van der Waals surface area (Å²) in [6.07, 6.45) is 2.94. The Labute approximate surface area is 428 Å². The van der Waals surface area contributed by atoms with Crippen LogP contribution in [-0.4, -0.2) is 94.0 Å². The van der Waals surface area contributed by atoms with Crippen molar-refractivity contribution in [2.24, 2.45) is 0 Å². The van der Waals surface area contributed by atoms with Gasteiger partial charge in [-0.2, -0.15) is 0 Å². The molecule has 4 aromatic carbocycles. The number of ether oxygens (including phenoxy) is 6. The van der Waals surface area contributed by atoms with E-state index in [2.05, 4.69) is 119 Å². The van der Waals surface area contributed by atoms with E-state index in [0.29, 0.717) is 67.0 Å². The molecule has 72 heavy (non-hydrogen) atoms. The molecule has 1 heterocycles. The summed E-state index contributed by atoms with van der Waals surface area (Å²) in [4.78, 5) is 26.7. The number of carbonyl (C=O) groups excluding carboxylic acids is 2. The van der Waals surface area contributed by atoms with E-state index in [1.165, 1.54) is 0 Å². The van der Waals surface area contributed by atoms with Gasteiger partial charge in [0, 0.05) is 25.7 Å². The SMILES string of the molecule is CC(C)(C)c1cc2c3c(c1)Cc1cc(C(C)(C)C)cc(c1OCC(=O)NS(C)(=O)=O)Cc1cc(C(C)(C)C)cc(c1OCC(=O)NS(C)(=O)=O)Cc1cc(C(C)(C)C)cc(c1OCCOCCOCCO3)C2. The highest BCUT2D eigenvalue weighted by molar-refractivity contribution is 7.89. The molecule has 4 aromatic rings. The predicted octanol–water partition coefficient (Wildman–Crippen LogP) is 8.27. The first-order valence-corrected chi connectivity index (χ1v) is 28.4. The summed E-state index contributed by atoms with van der Waals surface area (Å²) in [5.41, 5.74) is 9.05. The van der Waals surface area contributed by atoms with Crippen molar-refractivity contribution >= 4 is 31.9 Å². The van der Waals surface area contributed by atoms with Crippen molar-refractivity contribution in [3.05, 3.63) is 115 Å². The van der Waals surface area contributed by atoms with Crippen LogP contribution in [0.1, 0.15) is 150 Å². The summed E-state index contributed by atoms with van der Waals surface area (Å²) in [6.45, 7) is 26.4. The van der Waals surface area contributed by atoms with Crippen molar-refractivity contribution in [2.45, 2.75) is 130 Å². The monoisotopic (exact) mass is 1030 g/mol. The molecule has 0 atom stereocenters. The second-order valence-electron chi connectivity index (χ2n) is 23.3. The highest BCUT2D eigenvalue weighted by Crippen LogP contribution is 2.44. The van der Waals surface area contributed by atoms with Gasteiger partial charge in [0.2, 0.25) is 20.0 Å². The van der Waals surface area contributed by atoms with Gasteiger partial charge >= 0.3 is 0 Å². The van der Waals surface area contributed by atoms with E-state index in [0.717, 1.165) is 68.1 Å². The molecular formula is C56H76N2O12S2. The van der Waals surface area contributed by atoms with Crippen LogP contribution in [0.5, 0.6) is 23.0 Å². The molecule has 0 aromatic heterocycles. The first kappa shape index (κ1) is 56.1. The molecule has 14 nitrogen and oxygen atoms in total. The van der Waals surface area contributed by atoms with E-state index in [1.807, 2.05) is 21.6 Å². The molecule has 0 spiro atoms. The first-order valence-electron chi connectivity index (χ1n) is 24.6. The summed E-state index contributed by atoms with van der Waals surface area (Å²) in [5.74, 6) is 0.411. The maximum atomic E-state index is 13.3. The summed E-state index contributed by atoms with van der Waals surface area (Å²) in [6, 6.07) is 17.0. The molecule has 2 amide bonds. The van der Waals surface area contributed by atoms with Crippen LogP contribution in [0, 0.1) is 0 Å². The number of fused-ring (bicyclic) bond motifs is 4. The normalized spacial score (nSPS) is 15.4. The molecule has 2 aliphatic rings. The van der Waals surface area contributed by atoms with Crippen molar-refractivity contribution in [1.82, 2.24) is 9.44 Å². The highest BCUT2D eigenvalue weighted by Gasteiger charge is 2.30. The van der Waals surface area contributed by atoms with Gasteiger partial charge in [-0.15, -0.1) is 0 Å². The Morgan fingerprint density at radius 3 is 0.931 bits per heavy atom.